The van der Waals surface area contributed by atoms with E-state index in [0.717, 1.165) is 89.4 Å². The second kappa shape index (κ2) is 26.3. The van der Waals surface area contributed by atoms with Gasteiger partial charge >= 0.3 is 0 Å². The van der Waals surface area contributed by atoms with Crippen molar-refractivity contribution in [2.24, 2.45) is 0 Å². The molecule has 0 N–H and O–H groups in total. The van der Waals surface area contributed by atoms with Crippen molar-refractivity contribution in [1.29, 1.82) is 0 Å². The van der Waals surface area contributed by atoms with Crippen LogP contribution in [0.15, 0.2) is 198 Å². The summed E-state index contributed by atoms with van der Waals surface area (Å²) in [6.45, 7) is 8.96. The van der Waals surface area contributed by atoms with E-state index in [4.69, 9.17) is 69.6 Å². The van der Waals surface area contributed by atoms with Crippen LogP contribution in [0, 0.1) is 11.8 Å². The summed E-state index contributed by atoms with van der Waals surface area (Å²) in [7, 11) is 0. The highest BCUT2D eigenvalue weighted by atomic mass is 79.9. The molecule has 0 heterocycles. The van der Waals surface area contributed by atoms with Gasteiger partial charge in [-0.2, -0.15) is 0 Å². The fraction of sp³-hybridized carbons (Fsp3) is 0.167. The molecule has 0 saturated heterocycles. The minimum atomic E-state index is 0.233. The van der Waals surface area contributed by atoms with Crippen molar-refractivity contribution in [2.75, 3.05) is 0 Å². The van der Waals surface area contributed by atoms with E-state index in [-0.39, 0.29) is 13.5 Å². The van der Waals surface area contributed by atoms with Crippen LogP contribution in [-0.4, -0.2) is 0 Å². The second-order valence-electron chi connectivity index (χ2n) is 16.5. The van der Waals surface area contributed by atoms with Crippen molar-refractivity contribution in [3.05, 3.63) is 260 Å². The molecule has 0 nitrogen and oxygen atoms in total. The van der Waals surface area contributed by atoms with Crippen LogP contribution in [0.2, 0.25) is 0 Å². The first-order valence-corrected chi connectivity index (χ1v) is 26.3. The first kappa shape index (κ1) is 53.4. The van der Waals surface area contributed by atoms with Gasteiger partial charge in [-0.25, -0.2) is 0 Å². The Labute approximate surface area is 450 Å². The number of hydrogen-bond acceptors (Lipinski definition) is 0. The number of benzene rings is 7. The maximum absolute atomic E-state index is 6.44. The van der Waals surface area contributed by atoms with E-state index in [0.29, 0.717) is 17.8 Å². The Kier molecular flexibility index (Phi) is 20.6. The van der Waals surface area contributed by atoms with Crippen LogP contribution < -0.4 is 0 Å². The topological polar surface area (TPSA) is 0 Å². The summed E-state index contributed by atoms with van der Waals surface area (Å²) in [5.74, 6) is 7.74. The van der Waals surface area contributed by atoms with Gasteiger partial charge in [0.1, 0.15) is 13.5 Å². The summed E-state index contributed by atoms with van der Waals surface area (Å²) >= 11 is 44.7. The van der Waals surface area contributed by atoms with E-state index in [9.17, 15) is 0 Å². The Hall–Kier alpha value is -3.98. The molecule has 7 aromatic carbocycles. The van der Waals surface area contributed by atoms with Gasteiger partial charge in [0.15, 0.2) is 0 Å². The zero-order valence-corrected chi connectivity index (χ0v) is 45.8. The van der Waals surface area contributed by atoms with E-state index in [1.165, 1.54) is 16.7 Å². The molecule has 0 radical (unpaired) electrons. The van der Waals surface area contributed by atoms with Gasteiger partial charge in [-0.05, 0) is 136 Å². The molecule has 8 heteroatoms. The summed E-state index contributed by atoms with van der Waals surface area (Å²) < 4.78 is 2.81. The quantitative estimate of drug-likeness (QED) is 0.101. The van der Waals surface area contributed by atoms with Crippen molar-refractivity contribution in [1.82, 2.24) is 0 Å². The zero-order chi connectivity index (χ0) is 48.7. The molecule has 0 fully saturated rings. The molecule has 0 aromatic heterocycles. The van der Waals surface area contributed by atoms with Gasteiger partial charge in [0.05, 0.1) is 0 Å². The molecular weight excluding hydrogens is 1090 g/mol. The predicted molar refractivity (Wildman–Crippen MR) is 304 cm³/mol. The first-order valence-electron chi connectivity index (χ1n) is 22.4. The van der Waals surface area contributed by atoms with E-state index in [2.05, 4.69) is 144 Å². The van der Waals surface area contributed by atoms with E-state index < -0.39 is 0 Å². The minimum absolute atomic E-state index is 0.233. The van der Waals surface area contributed by atoms with Gasteiger partial charge in [0.2, 0.25) is 0 Å². The molecule has 0 aliphatic rings. The smallest absolute Gasteiger partial charge is 0.0702 e. The summed E-state index contributed by atoms with van der Waals surface area (Å²) in [5, 5.41) is 0. The van der Waals surface area contributed by atoms with Crippen LogP contribution in [0.3, 0.4) is 0 Å². The second-order valence-corrected chi connectivity index (χ2v) is 21.2. The lowest BCUT2D eigenvalue weighted by Gasteiger charge is -2.21. The van der Waals surface area contributed by atoms with E-state index >= 15 is 0 Å². The summed E-state index contributed by atoms with van der Waals surface area (Å²) in [5.41, 5.74) is 14.2. The van der Waals surface area contributed by atoms with Crippen molar-refractivity contribution in [3.63, 3.8) is 0 Å². The lowest BCUT2D eigenvalue weighted by molar-refractivity contribution is 0.544. The Morgan fingerprint density at radius 2 is 0.691 bits per heavy atom. The van der Waals surface area contributed by atoms with Crippen LogP contribution in [0.1, 0.15) is 126 Å². The normalized spacial score (nSPS) is 12.0. The van der Waals surface area contributed by atoms with Crippen molar-refractivity contribution in [3.8, 4) is 11.8 Å². The Bertz CT molecular complexity index is 2880. The summed E-state index contributed by atoms with van der Waals surface area (Å²) in [6, 6.07) is 59.7. The molecule has 0 aliphatic carbocycles. The van der Waals surface area contributed by atoms with Crippen molar-refractivity contribution in [2.45, 2.75) is 64.7 Å². The first-order chi connectivity index (χ1) is 32.8. The number of halogens is 8. The predicted octanol–water partition coefficient (Wildman–Crippen LogP) is 21.1. The lowest BCUT2D eigenvalue weighted by atomic mass is 9.83. The Morgan fingerprint density at radius 1 is 0.382 bits per heavy atom. The SMILES string of the molecule is CCC(C)c1ccc(C(=C(Cl)Cl)c2ccc(Br)cc2)cc1.CCC(CC(C)c1ccc(C(=C(Cl)Cl)c2ccc(C#Cc3ccccc3)cc2)cc1)c1ccc(C(=C(Cl)Cl)c2ccc(Br)cc2)cc1. The number of hydrogen-bond donors (Lipinski definition) is 0. The summed E-state index contributed by atoms with van der Waals surface area (Å²) in [6.07, 6.45) is 3.18. The third kappa shape index (κ3) is 14.8. The third-order valence-electron chi connectivity index (χ3n) is 12.1. The molecular formula is C60H50Br2Cl6. The maximum Gasteiger partial charge on any atom is 0.115 e. The maximum atomic E-state index is 6.44. The van der Waals surface area contributed by atoms with Crippen LogP contribution in [0.25, 0.3) is 16.7 Å². The van der Waals surface area contributed by atoms with Crippen LogP contribution >= 0.6 is 101 Å². The third-order valence-corrected chi connectivity index (χ3v) is 14.3. The van der Waals surface area contributed by atoms with E-state index in [1.54, 1.807) is 0 Å². The average Bonchev–Trinajstić information content (AvgIpc) is 3.35. The van der Waals surface area contributed by atoms with Gasteiger partial charge in [-0.1, -0.05) is 268 Å². The highest BCUT2D eigenvalue weighted by molar-refractivity contribution is 9.10. The molecule has 0 saturated carbocycles. The molecule has 0 aliphatic heterocycles. The molecule has 7 aromatic rings. The molecule has 7 rings (SSSR count). The lowest BCUT2D eigenvalue weighted by Crippen LogP contribution is -2.04. The van der Waals surface area contributed by atoms with Crippen LogP contribution in [0.5, 0.6) is 0 Å². The van der Waals surface area contributed by atoms with Gasteiger partial charge < -0.3 is 0 Å². The molecule has 0 bridgehead atoms. The van der Waals surface area contributed by atoms with Crippen LogP contribution in [-0.2, 0) is 0 Å². The fourth-order valence-corrected chi connectivity index (χ4v) is 9.83. The molecule has 0 spiro atoms. The Morgan fingerprint density at radius 3 is 1.03 bits per heavy atom. The molecule has 68 heavy (non-hydrogen) atoms. The Balaban J connectivity index is 0.000000302. The van der Waals surface area contributed by atoms with Crippen molar-refractivity contribution < 1.29 is 0 Å². The highest BCUT2D eigenvalue weighted by Gasteiger charge is 2.18. The standard InChI is InChI=1S/C42H33BrCl4.C18H17BrCl2/c1-3-31(33-17-21-36(22-18-33)40(42(46)47)37-23-25-38(43)26-24-37)27-28(2)32-15-19-35(20-16-32)39(41(44)45)34-13-11-30(12-14-34)10-9-29-7-5-4-6-8-29;1-3-12(2)13-4-6-14(7-5-13)17(18(20)21)15-8-10-16(19)11-9-15/h4-8,11-26,28,31H,3,27H2,1-2H3;4-12H,3H2,1-2H3. The average molecular weight is 1140 g/mol. The summed E-state index contributed by atoms with van der Waals surface area (Å²) in [4.78, 5) is 0. The van der Waals surface area contributed by atoms with Crippen LogP contribution in [0.4, 0.5) is 0 Å². The molecule has 3 unspecified atom stereocenters. The largest absolute Gasteiger partial charge is 0.115 e. The zero-order valence-electron chi connectivity index (χ0n) is 38.1. The number of rotatable bonds is 13. The van der Waals surface area contributed by atoms with Crippen molar-refractivity contribution >= 4 is 118 Å². The molecule has 346 valence electrons. The molecule has 3 atom stereocenters. The van der Waals surface area contributed by atoms with Gasteiger partial charge in [0.25, 0.3) is 0 Å². The molecule has 0 amide bonds. The minimum Gasteiger partial charge on any atom is -0.0702 e. The fourth-order valence-electron chi connectivity index (χ4n) is 7.99. The van der Waals surface area contributed by atoms with E-state index in [1.807, 2.05) is 103 Å². The van der Waals surface area contributed by atoms with Gasteiger partial charge in [-0.3, -0.25) is 0 Å². The monoisotopic (exact) mass is 1140 g/mol. The van der Waals surface area contributed by atoms with Gasteiger partial charge in [0, 0.05) is 36.8 Å². The highest BCUT2D eigenvalue weighted by Crippen LogP contribution is 2.38. The van der Waals surface area contributed by atoms with Gasteiger partial charge in [-0.15, -0.1) is 0 Å².